The number of thiazole rings is 1. The molecule has 0 unspecified atom stereocenters. The number of rotatable bonds is 4. The number of fused-ring (bicyclic) bond motifs is 1. The number of benzene rings is 2. The van der Waals surface area contributed by atoms with Gasteiger partial charge in [0.05, 0.1) is 0 Å². The summed E-state index contributed by atoms with van der Waals surface area (Å²) in [5.74, 6) is 1.42. The van der Waals surface area contributed by atoms with Gasteiger partial charge < -0.3 is 4.42 Å². The molecule has 0 atom stereocenters. The molecule has 0 fully saturated rings. The van der Waals surface area contributed by atoms with E-state index in [-0.39, 0.29) is 11.4 Å². The molecule has 0 radical (unpaired) electrons. The van der Waals surface area contributed by atoms with Crippen LogP contribution in [0.1, 0.15) is 17.1 Å². The Morgan fingerprint density at radius 1 is 1.00 bits per heavy atom. The topological polar surface area (TPSA) is 60.4 Å². The first-order chi connectivity index (χ1) is 15.0. The van der Waals surface area contributed by atoms with Crippen LogP contribution >= 0.6 is 27.3 Å². The molecule has 0 bridgehead atoms. The smallest absolute Gasteiger partial charge is 0.291 e. The standard InChI is InChI=1S/C23H13BrFN3O2S/c24-16-6-4-15(5-7-16)19-11-10-18(30-19)13-20-22(29)28-23(31-20)26-21(27-28)12-3-14-1-8-17(25)9-2-14/h1-13H/b12-3+,20-13-. The monoisotopic (exact) mass is 493 g/mol. The first kappa shape index (κ1) is 19.6. The molecule has 2 aromatic carbocycles. The summed E-state index contributed by atoms with van der Waals surface area (Å²) in [7, 11) is 0. The fourth-order valence-electron chi connectivity index (χ4n) is 2.99. The average molecular weight is 494 g/mol. The molecule has 0 N–H and O–H groups in total. The summed E-state index contributed by atoms with van der Waals surface area (Å²) in [6.07, 6.45) is 5.15. The van der Waals surface area contributed by atoms with Gasteiger partial charge in [0.25, 0.3) is 5.56 Å². The quantitative estimate of drug-likeness (QED) is 0.352. The summed E-state index contributed by atoms with van der Waals surface area (Å²) in [4.78, 5) is 17.6. The third-order valence-corrected chi connectivity index (χ3v) is 6.01. The van der Waals surface area contributed by atoms with E-state index < -0.39 is 0 Å². The lowest BCUT2D eigenvalue weighted by atomic mass is 10.2. The lowest BCUT2D eigenvalue weighted by Crippen LogP contribution is -2.23. The van der Waals surface area contributed by atoms with Crippen LogP contribution in [0.5, 0.6) is 0 Å². The summed E-state index contributed by atoms with van der Waals surface area (Å²) in [6, 6.07) is 17.6. The highest BCUT2D eigenvalue weighted by Crippen LogP contribution is 2.24. The van der Waals surface area contributed by atoms with Crippen molar-refractivity contribution >= 4 is 50.5 Å². The molecular formula is C23H13BrFN3O2S. The van der Waals surface area contributed by atoms with Gasteiger partial charge in [-0.2, -0.15) is 9.50 Å². The van der Waals surface area contributed by atoms with Gasteiger partial charge in [0.15, 0.2) is 5.82 Å². The SMILES string of the molecule is O=c1/c(=C/c2ccc(-c3ccc(Br)cc3)o2)sc2nc(/C=C/c3ccc(F)cc3)nn12. The van der Waals surface area contributed by atoms with Crippen LogP contribution < -0.4 is 10.1 Å². The Morgan fingerprint density at radius 2 is 1.77 bits per heavy atom. The second-order valence-corrected chi connectivity index (χ2v) is 8.60. The van der Waals surface area contributed by atoms with Crippen LogP contribution in [-0.2, 0) is 0 Å². The second-order valence-electron chi connectivity index (χ2n) is 6.67. The Morgan fingerprint density at radius 3 is 2.52 bits per heavy atom. The molecular weight excluding hydrogens is 481 g/mol. The van der Waals surface area contributed by atoms with E-state index in [9.17, 15) is 9.18 Å². The molecule has 5 aromatic rings. The molecule has 8 heteroatoms. The zero-order valence-corrected chi connectivity index (χ0v) is 18.2. The van der Waals surface area contributed by atoms with Crippen molar-refractivity contribution in [1.29, 1.82) is 0 Å². The van der Waals surface area contributed by atoms with Crippen LogP contribution in [0.25, 0.3) is 34.5 Å². The van der Waals surface area contributed by atoms with Crippen LogP contribution in [0.2, 0.25) is 0 Å². The highest BCUT2D eigenvalue weighted by atomic mass is 79.9. The van der Waals surface area contributed by atoms with Gasteiger partial charge in [-0.25, -0.2) is 4.39 Å². The fraction of sp³-hybridized carbons (Fsp3) is 0. The van der Waals surface area contributed by atoms with E-state index in [0.717, 1.165) is 21.4 Å². The van der Waals surface area contributed by atoms with Crippen molar-refractivity contribution in [2.24, 2.45) is 0 Å². The number of hydrogen-bond donors (Lipinski definition) is 0. The minimum absolute atomic E-state index is 0.254. The maximum absolute atomic E-state index is 13.0. The van der Waals surface area contributed by atoms with Crippen LogP contribution in [0.15, 0.2) is 74.3 Å². The number of halogens is 2. The van der Waals surface area contributed by atoms with E-state index in [0.29, 0.717) is 21.1 Å². The average Bonchev–Trinajstić information content (AvgIpc) is 3.46. The predicted molar refractivity (Wildman–Crippen MR) is 123 cm³/mol. The van der Waals surface area contributed by atoms with E-state index in [1.54, 1.807) is 30.4 Å². The minimum atomic E-state index is -0.293. The molecule has 31 heavy (non-hydrogen) atoms. The number of nitrogens with zero attached hydrogens (tertiary/aromatic N) is 3. The molecule has 152 valence electrons. The zero-order chi connectivity index (χ0) is 21.4. The Hall–Kier alpha value is -3.36. The van der Waals surface area contributed by atoms with Crippen LogP contribution in [-0.4, -0.2) is 14.6 Å². The molecule has 0 aliphatic heterocycles. The van der Waals surface area contributed by atoms with Crippen molar-refractivity contribution in [3.63, 3.8) is 0 Å². The highest BCUT2D eigenvalue weighted by molar-refractivity contribution is 9.10. The van der Waals surface area contributed by atoms with Gasteiger partial charge in [-0.05, 0) is 48.0 Å². The summed E-state index contributed by atoms with van der Waals surface area (Å²) in [5, 5.41) is 4.26. The Kier molecular flexibility index (Phi) is 5.09. The molecule has 0 aliphatic carbocycles. The van der Waals surface area contributed by atoms with Crippen molar-refractivity contribution < 1.29 is 8.81 Å². The van der Waals surface area contributed by atoms with Crippen molar-refractivity contribution in [2.45, 2.75) is 0 Å². The lowest BCUT2D eigenvalue weighted by Gasteiger charge is -1.96. The third-order valence-electron chi connectivity index (χ3n) is 4.52. The van der Waals surface area contributed by atoms with Gasteiger partial charge in [0.1, 0.15) is 21.9 Å². The molecule has 0 saturated carbocycles. The summed E-state index contributed by atoms with van der Waals surface area (Å²) in [5.41, 5.74) is 1.51. The van der Waals surface area contributed by atoms with Gasteiger partial charge in [-0.3, -0.25) is 4.79 Å². The van der Waals surface area contributed by atoms with Crippen molar-refractivity contribution in [1.82, 2.24) is 14.6 Å². The third kappa shape index (κ3) is 4.12. The van der Waals surface area contributed by atoms with Crippen LogP contribution in [0.3, 0.4) is 0 Å². The molecule has 0 spiro atoms. The van der Waals surface area contributed by atoms with E-state index in [1.165, 1.54) is 28.0 Å². The van der Waals surface area contributed by atoms with Gasteiger partial charge in [-0.15, -0.1) is 5.10 Å². The van der Waals surface area contributed by atoms with Gasteiger partial charge in [-0.1, -0.05) is 57.6 Å². The fourth-order valence-corrected chi connectivity index (χ4v) is 4.15. The molecule has 0 saturated heterocycles. The molecule has 5 rings (SSSR count). The van der Waals surface area contributed by atoms with Gasteiger partial charge >= 0.3 is 0 Å². The van der Waals surface area contributed by atoms with E-state index in [4.69, 9.17) is 4.42 Å². The largest absolute Gasteiger partial charge is 0.457 e. The number of furan rings is 1. The maximum atomic E-state index is 13.0. The molecule has 3 aromatic heterocycles. The highest BCUT2D eigenvalue weighted by Gasteiger charge is 2.10. The number of aromatic nitrogens is 3. The first-order valence-electron chi connectivity index (χ1n) is 9.26. The molecule has 5 nitrogen and oxygen atoms in total. The predicted octanol–water partition coefficient (Wildman–Crippen LogP) is 5.03. The number of hydrogen-bond acceptors (Lipinski definition) is 5. The zero-order valence-electron chi connectivity index (χ0n) is 15.8. The summed E-state index contributed by atoms with van der Waals surface area (Å²) < 4.78 is 21.6. The lowest BCUT2D eigenvalue weighted by molar-refractivity contribution is 0.571. The molecule has 0 aliphatic rings. The minimum Gasteiger partial charge on any atom is -0.457 e. The molecule has 0 amide bonds. The summed E-state index contributed by atoms with van der Waals surface area (Å²) in [6.45, 7) is 0. The summed E-state index contributed by atoms with van der Waals surface area (Å²) >= 11 is 4.66. The van der Waals surface area contributed by atoms with Crippen molar-refractivity contribution in [3.05, 3.63) is 103 Å². The Bertz CT molecular complexity index is 1520. The van der Waals surface area contributed by atoms with E-state index in [2.05, 4.69) is 26.0 Å². The first-order valence-corrected chi connectivity index (χ1v) is 10.9. The van der Waals surface area contributed by atoms with Crippen LogP contribution in [0, 0.1) is 5.82 Å². The van der Waals surface area contributed by atoms with Gasteiger partial charge in [0.2, 0.25) is 4.96 Å². The van der Waals surface area contributed by atoms with Crippen molar-refractivity contribution in [3.8, 4) is 11.3 Å². The van der Waals surface area contributed by atoms with Crippen LogP contribution in [0.4, 0.5) is 4.39 Å². The maximum Gasteiger partial charge on any atom is 0.291 e. The van der Waals surface area contributed by atoms with E-state index in [1.807, 2.05) is 36.4 Å². The second kappa shape index (κ2) is 8.05. The Balaban J connectivity index is 1.42. The Labute approximate surface area is 187 Å². The van der Waals surface area contributed by atoms with Crippen molar-refractivity contribution in [2.75, 3.05) is 0 Å². The van der Waals surface area contributed by atoms with Gasteiger partial charge in [0, 0.05) is 16.1 Å². The van der Waals surface area contributed by atoms with E-state index >= 15 is 0 Å². The molecule has 3 heterocycles. The normalized spacial score (nSPS) is 12.4.